The van der Waals surface area contributed by atoms with Gasteiger partial charge in [0.05, 0.1) is 4.90 Å². The maximum absolute atomic E-state index is 12.9. The first-order valence-electron chi connectivity index (χ1n) is 11.7. The first kappa shape index (κ1) is 23.7. The molecule has 5 rings (SSSR count). The second kappa shape index (κ2) is 9.90. The normalized spacial score (nSPS) is 17.4. The number of nitrogens with zero attached hydrogens (tertiary/aromatic N) is 5. The molecule has 35 heavy (non-hydrogen) atoms. The predicted molar refractivity (Wildman–Crippen MR) is 135 cm³/mol. The molecule has 8 nitrogen and oxygen atoms in total. The summed E-state index contributed by atoms with van der Waals surface area (Å²) in [7, 11) is -3.51. The van der Waals surface area contributed by atoms with Gasteiger partial charge < -0.3 is 14.2 Å². The topological polar surface area (TPSA) is 93.7 Å². The molecule has 2 aliphatic heterocycles. The third-order valence-electron chi connectivity index (χ3n) is 6.51. The Labute approximate surface area is 210 Å². The molecule has 0 unspecified atom stereocenters. The first-order chi connectivity index (χ1) is 17.0. The van der Waals surface area contributed by atoms with E-state index >= 15 is 0 Å². The summed E-state index contributed by atoms with van der Waals surface area (Å²) in [6.07, 6.45) is 2.84. The minimum Gasteiger partial charge on any atom is -0.419 e. The van der Waals surface area contributed by atoms with Crippen molar-refractivity contribution in [1.82, 2.24) is 9.29 Å². The number of benzene rings is 2. The van der Waals surface area contributed by atoms with Gasteiger partial charge in [0.15, 0.2) is 0 Å². The van der Waals surface area contributed by atoms with Gasteiger partial charge in [0.25, 0.3) is 0 Å². The number of oxazole rings is 1. The van der Waals surface area contributed by atoms with Gasteiger partial charge in [0, 0.05) is 55.5 Å². The number of sulfonamides is 1. The number of anilines is 2. The maximum atomic E-state index is 12.9. The van der Waals surface area contributed by atoms with E-state index in [1.165, 1.54) is 0 Å². The highest BCUT2D eigenvalue weighted by Crippen LogP contribution is 2.31. The monoisotopic (exact) mass is 511 g/mol. The Morgan fingerprint density at radius 1 is 0.914 bits per heavy atom. The Hall–Kier alpha value is -3.06. The lowest BCUT2D eigenvalue weighted by Crippen LogP contribution is -2.46. The number of hydrogen-bond donors (Lipinski definition) is 0. The van der Waals surface area contributed by atoms with Gasteiger partial charge in [-0.25, -0.2) is 8.42 Å². The average Bonchev–Trinajstić information content (AvgIpc) is 3.34. The van der Waals surface area contributed by atoms with Gasteiger partial charge in [-0.15, -0.1) is 0 Å². The Kier molecular flexibility index (Phi) is 6.69. The zero-order chi connectivity index (χ0) is 24.4. The average molecular weight is 512 g/mol. The number of halogens is 1. The van der Waals surface area contributed by atoms with Crippen molar-refractivity contribution in [2.45, 2.75) is 24.2 Å². The second-order valence-corrected chi connectivity index (χ2v) is 11.1. The van der Waals surface area contributed by atoms with Crippen LogP contribution in [0.15, 0.2) is 57.8 Å². The summed E-state index contributed by atoms with van der Waals surface area (Å²) < 4.78 is 33.4. The summed E-state index contributed by atoms with van der Waals surface area (Å²) in [4.78, 5) is 8.90. The van der Waals surface area contributed by atoms with Crippen molar-refractivity contribution in [1.29, 1.82) is 5.26 Å². The largest absolute Gasteiger partial charge is 0.419 e. The third kappa shape index (κ3) is 4.87. The van der Waals surface area contributed by atoms with Crippen molar-refractivity contribution in [3.63, 3.8) is 0 Å². The maximum Gasteiger partial charge on any atom is 0.243 e. The molecule has 0 bridgehead atoms. The Morgan fingerprint density at radius 2 is 1.60 bits per heavy atom. The minimum absolute atomic E-state index is 0.223. The van der Waals surface area contributed by atoms with E-state index in [0.29, 0.717) is 48.5 Å². The number of nitriles is 1. The van der Waals surface area contributed by atoms with Crippen LogP contribution >= 0.6 is 11.6 Å². The van der Waals surface area contributed by atoms with E-state index in [4.69, 9.17) is 16.0 Å². The third-order valence-corrected chi connectivity index (χ3v) is 8.66. The lowest BCUT2D eigenvalue weighted by atomic mass is 10.2. The number of hydrogen-bond acceptors (Lipinski definition) is 7. The minimum atomic E-state index is -3.51. The van der Waals surface area contributed by atoms with Crippen molar-refractivity contribution in [2.24, 2.45) is 0 Å². The molecule has 0 N–H and O–H groups in total. The molecular formula is C25H26ClN5O3S. The molecule has 0 spiro atoms. The van der Waals surface area contributed by atoms with E-state index in [1.54, 1.807) is 28.6 Å². The lowest BCUT2D eigenvalue weighted by molar-refractivity contribution is 0.346. The highest BCUT2D eigenvalue weighted by Gasteiger charge is 2.27. The summed E-state index contributed by atoms with van der Waals surface area (Å²) in [5, 5.41) is 10.4. The van der Waals surface area contributed by atoms with Gasteiger partial charge in [0.1, 0.15) is 6.07 Å². The highest BCUT2D eigenvalue weighted by atomic mass is 35.5. The van der Waals surface area contributed by atoms with Crippen LogP contribution in [0.2, 0.25) is 5.02 Å². The quantitative estimate of drug-likeness (QED) is 0.502. The molecule has 182 valence electrons. The predicted octanol–water partition coefficient (Wildman–Crippen LogP) is 4.37. The van der Waals surface area contributed by atoms with Gasteiger partial charge >= 0.3 is 0 Å². The molecule has 0 saturated carbocycles. The van der Waals surface area contributed by atoms with Crippen LogP contribution in [0, 0.1) is 11.3 Å². The Morgan fingerprint density at radius 3 is 2.26 bits per heavy atom. The van der Waals surface area contributed by atoms with Crippen molar-refractivity contribution in [2.75, 3.05) is 49.1 Å². The van der Waals surface area contributed by atoms with Crippen LogP contribution in [0.4, 0.5) is 11.6 Å². The van der Waals surface area contributed by atoms with Crippen LogP contribution in [0.25, 0.3) is 11.5 Å². The number of piperidine rings is 1. The summed E-state index contributed by atoms with van der Waals surface area (Å²) in [5.74, 6) is 0.744. The Bertz CT molecular complexity index is 1340. The molecule has 2 aliphatic rings. The van der Waals surface area contributed by atoms with Crippen LogP contribution in [-0.2, 0) is 10.0 Å². The van der Waals surface area contributed by atoms with Crippen LogP contribution in [0.1, 0.15) is 25.0 Å². The molecule has 0 atom stereocenters. The van der Waals surface area contributed by atoms with Gasteiger partial charge in [-0.2, -0.15) is 14.6 Å². The molecule has 2 aromatic carbocycles. The zero-order valence-electron chi connectivity index (χ0n) is 19.2. The molecular weight excluding hydrogens is 486 g/mol. The molecule has 3 heterocycles. The van der Waals surface area contributed by atoms with E-state index < -0.39 is 10.0 Å². The fourth-order valence-corrected chi connectivity index (χ4v) is 6.29. The second-order valence-electron chi connectivity index (χ2n) is 8.73. The molecule has 2 fully saturated rings. The van der Waals surface area contributed by atoms with Crippen molar-refractivity contribution in [3.8, 4) is 17.5 Å². The van der Waals surface area contributed by atoms with Crippen molar-refractivity contribution in [3.05, 3.63) is 59.2 Å². The fraction of sp³-hybridized carbons (Fsp3) is 0.360. The Balaban J connectivity index is 1.32. The molecule has 10 heteroatoms. The van der Waals surface area contributed by atoms with E-state index in [2.05, 4.69) is 16.0 Å². The molecule has 0 amide bonds. The molecule has 1 aromatic heterocycles. The van der Waals surface area contributed by atoms with Gasteiger partial charge in [-0.3, -0.25) is 0 Å². The van der Waals surface area contributed by atoms with E-state index in [-0.39, 0.29) is 10.6 Å². The first-order valence-corrected chi connectivity index (χ1v) is 13.5. The van der Waals surface area contributed by atoms with E-state index in [9.17, 15) is 13.7 Å². The molecule has 0 aliphatic carbocycles. The van der Waals surface area contributed by atoms with E-state index in [0.717, 1.165) is 38.0 Å². The molecule has 3 aromatic rings. The number of piperazine rings is 1. The van der Waals surface area contributed by atoms with Crippen molar-refractivity contribution >= 4 is 33.2 Å². The highest BCUT2D eigenvalue weighted by molar-refractivity contribution is 7.89. The number of aromatic nitrogens is 1. The standard InChI is InChI=1S/C25H26ClN5O3S/c26-20-5-4-6-21(17-20)29-13-15-30(16-14-29)25-23(18-27)28-24(34-25)19-7-9-22(10-8-19)35(32,33)31-11-2-1-3-12-31/h4-10,17H,1-3,11-16H2. The smallest absolute Gasteiger partial charge is 0.243 e. The summed E-state index contributed by atoms with van der Waals surface area (Å²) >= 11 is 6.13. The molecule has 2 saturated heterocycles. The van der Waals surface area contributed by atoms with Crippen molar-refractivity contribution < 1.29 is 12.8 Å². The van der Waals surface area contributed by atoms with Gasteiger partial charge in [-0.05, 0) is 55.3 Å². The van der Waals surface area contributed by atoms with Gasteiger partial charge in [-0.1, -0.05) is 24.1 Å². The van der Waals surface area contributed by atoms with Crippen LogP contribution in [-0.4, -0.2) is 57.0 Å². The van der Waals surface area contributed by atoms with Gasteiger partial charge in [0.2, 0.25) is 27.5 Å². The number of rotatable bonds is 5. The summed E-state index contributed by atoms with van der Waals surface area (Å²) in [5.41, 5.74) is 1.92. The van der Waals surface area contributed by atoms with E-state index in [1.807, 2.05) is 29.2 Å². The molecule has 0 radical (unpaired) electrons. The summed E-state index contributed by atoms with van der Waals surface area (Å²) in [6, 6.07) is 16.4. The van der Waals surface area contributed by atoms with Crippen LogP contribution < -0.4 is 9.80 Å². The van der Waals surface area contributed by atoms with Crippen LogP contribution in [0.3, 0.4) is 0 Å². The summed E-state index contributed by atoms with van der Waals surface area (Å²) in [6.45, 7) is 3.97. The fourth-order valence-electron chi connectivity index (χ4n) is 4.59. The lowest BCUT2D eigenvalue weighted by Gasteiger charge is -2.35. The zero-order valence-corrected chi connectivity index (χ0v) is 20.8. The SMILES string of the molecule is N#Cc1nc(-c2ccc(S(=O)(=O)N3CCCCC3)cc2)oc1N1CCN(c2cccc(Cl)c2)CC1. The van der Waals surface area contributed by atoms with Crippen LogP contribution in [0.5, 0.6) is 0 Å².